The Morgan fingerprint density at radius 3 is 2.39 bits per heavy atom. The lowest BCUT2D eigenvalue weighted by Crippen LogP contribution is -2.47. The fourth-order valence-corrected chi connectivity index (χ4v) is 5.29. The monoisotopic (exact) mass is 508 g/mol. The number of aryl methyl sites for hydroxylation is 1. The van der Waals surface area contributed by atoms with Gasteiger partial charge in [-0.1, -0.05) is 54.6 Å². The lowest BCUT2D eigenvalue weighted by atomic mass is 10.1. The molecule has 1 heterocycles. The van der Waals surface area contributed by atoms with E-state index in [1.807, 2.05) is 30.3 Å². The third kappa shape index (κ3) is 5.75. The molecular weight excluding hydrogens is 480 g/mol. The fraction of sp³-hybridized carbons (Fsp3) is 0.259. The molecule has 0 aromatic heterocycles. The molecule has 0 unspecified atom stereocenters. The molecule has 1 N–H and O–H groups in total. The summed E-state index contributed by atoms with van der Waals surface area (Å²) in [6.07, 6.45) is -0.309. The van der Waals surface area contributed by atoms with Crippen LogP contribution >= 0.6 is 0 Å². The molecule has 9 heteroatoms. The predicted molar refractivity (Wildman–Crippen MR) is 135 cm³/mol. The van der Waals surface area contributed by atoms with Crippen molar-refractivity contribution in [3.05, 3.63) is 90.0 Å². The number of nitrogens with zero attached hydrogens (tertiary/aromatic N) is 1. The molecule has 4 rings (SSSR count). The maximum absolute atomic E-state index is 13.1. The first-order valence-corrected chi connectivity index (χ1v) is 13.1. The van der Waals surface area contributed by atoms with E-state index in [4.69, 9.17) is 9.47 Å². The number of nitrogens with one attached hydrogen (secondary N) is 1. The molecule has 0 bridgehead atoms. The second kappa shape index (κ2) is 10.9. The number of fused-ring (bicyclic) bond motifs is 1. The number of methoxy groups -OCH3 is 1. The zero-order chi connectivity index (χ0) is 25.7. The highest BCUT2D eigenvalue weighted by molar-refractivity contribution is 7.89. The van der Waals surface area contributed by atoms with Crippen molar-refractivity contribution in [2.45, 2.75) is 36.8 Å². The smallest absolute Gasteiger partial charge is 0.348 e. The molecule has 2 atom stereocenters. The molecule has 0 saturated carbocycles. The average molecular weight is 509 g/mol. The second-order valence-corrected chi connectivity index (χ2v) is 10.2. The van der Waals surface area contributed by atoms with Gasteiger partial charge in [-0.05, 0) is 48.7 Å². The number of esters is 1. The maximum atomic E-state index is 13.1. The number of carbonyl (C=O) groups is 2. The number of hydrogen-bond acceptors (Lipinski definition) is 6. The van der Waals surface area contributed by atoms with Crippen LogP contribution in [0.25, 0.3) is 0 Å². The number of benzene rings is 3. The first kappa shape index (κ1) is 25.4. The van der Waals surface area contributed by atoms with E-state index in [1.165, 1.54) is 24.1 Å². The van der Waals surface area contributed by atoms with E-state index in [0.717, 1.165) is 11.1 Å². The summed E-state index contributed by atoms with van der Waals surface area (Å²) in [6, 6.07) is 22.5. The first-order valence-electron chi connectivity index (χ1n) is 11.6. The Bertz CT molecular complexity index is 1330. The van der Waals surface area contributed by atoms with Crippen LogP contribution in [0.5, 0.6) is 5.75 Å². The highest BCUT2D eigenvalue weighted by Gasteiger charge is 2.34. The summed E-state index contributed by atoms with van der Waals surface area (Å²) in [7, 11) is -2.43. The molecule has 36 heavy (non-hydrogen) atoms. The molecule has 1 aliphatic heterocycles. The molecule has 8 nitrogen and oxygen atoms in total. The Morgan fingerprint density at radius 2 is 1.69 bits per heavy atom. The van der Waals surface area contributed by atoms with Gasteiger partial charge < -0.3 is 14.4 Å². The molecule has 1 aliphatic rings. The van der Waals surface area contributed by atoms with E-state index < -0.39 is 22.1 Å². The van der Waals surface area contributed by atoms with Gasteiger partial charge in [0.2, 0.25) is 22.0 Å². The second-order valence-electron chi connectivity index (χ2n) is 8.50. The number of rotatable bonds is 8. The normalized spacial score (nSPS) is 15.9. The standard InChI is InChI=1S/C27H28N2O6S/c1-19(21-8-4-3-5-9-21)28-36(32,33)22-15-12-20(13-16-22)14-17-26(30)29-18-25(27(31)34-2)35-24-11-7-6-10-23(24)29/h3-13,15-16,19,25,28H,14,17-18H2,1-2H3/t19-,25+/m1/s1. The van der Waals surface area contributed by atoms with Gasteiger partial charge in [0.1, 0.15) is 5.75 Å². The minimum absolute atomic E-state index is 0.0605. The van der Waals surface area contributed by atoms with Crippen molar-refractivity contribution in [2.24, 2.45) is 0 Å². The Labute approximate surface area is 210 Å². The van der Waals surface area contributed by atoms with E-state index in [1.54, 1.807) is 43.3 Å². The molecule has 3 aromatic carbocycles. The third-order valence-corrected chi connectivity index (χ3v) is 7.59. The summed E-state index contributed by atoms with van der Waals surface area (Å²) < 4.78 is 38.8. The lowest BCUT2D eigenvalue weighted by molar-refractivity contribution is -0.148. The van der Waals surface area contributed by atoms with Crippen LogP contribution in [0.2, 0.25) is 0 Å². The Morgan fingerprint density at radius 1 is 1.03 bits per heavy atom. The summed E-state index contributed by atoms with van der Waals surface area (Å²) in [5.74, 6) is -0.275. The van der Waals surface area contributed by atoms with Crippen LogP contribution in [0.15, 0.2) is 83.8 Å². The molecule has 0 radical (unpaired) electrons. The maximum Gasteiger partial charge on any atom is 0.348 e. The quantitative estimate of drug-likeness (QED) is 0.467. The minimum Gasteiger partial charge on any atom is -0.475 e. The fourth-order valence-electron chi connectivity index (χ4n) is 4.06. The minimum atomic E-state index is -3.71. The van der Waals surface area contributed by atoms with Gasteiger partial charge in [0.25, 0.3) is 0 Å². The van der Waals surface area contributed by atoms with E-state index in [-0.39, 0.29) is 29.8 Å². The summed E-state index contributed by atoms with van der Waals surface area (Å²) >= 11 is 0. The van der Waals surface area contributed by atoms with Crippen LogP contribution in [-0.2, 0) is 30.8 Å². The Hall–Kier alpha value is -3.69. The Balaban J connectivity index is 1.40. The zero-order valence-electron chi connectivity index (χ0n) is 20.1. The van der Waals surface area contributed by atoms with Crippen molar-refractivity contribution >= 4 is 27.6 Å². The van der Waals surface area contributed by atoms with Gasteiger partial charge in [-0.2, -0.15) is 0 Å². The molecule has 0 saturated heterocycles. The van der Waals surface area contributed by atoms with E-state index in [2.05, 4.69) is 4.72 Å². The van der Waals surface area contributed by atoms with Gasteiger partial charge in [0.05, 0.1) is 24.2 Å². The average Bonchev–Trinajstić information content (AvgIpc) is 2.91. The van der Waals surface area contributed by atoms with Crippen molar-refractivity contribution in [1.29, 1.82) is 0 Å². The van der Waals surface area contributed by atoms with Gasteiger partial charge in [0, 0.05) is 12.5 Å². The number of amides is 1. The van der Waals surface area contributed by atoms with Crippen LogP contribution in [-0.4, -0.2) is 40.1 Å². The van der Waals surface area contributed by atoms with Crippen molar-refractivity contribution in [3.63, 3.8) is 0 Å². The summed E-state index contributed by atoms with van der Waals surface area (Å²) in [5, 5.41) is 0. The molecule has 0 spiro atoms. The van der Waals surface area contributed by atoms with Gasteiger partial charge in [0.15, 0.2) is 0 Å². The summed E-state index contributed by atoms with van der Waals surface area (Å²) in [4.78, 5) is 26.8. The van der Waals surface area contributed by atoms with E-state index >= 15 is 0 Å². The van der Waals surface area contributed by atoms with Gasteiger partial charge in [-0.25, -0.2) is 17.9 Å². The molecule has 0 aliphatic carbocycles. The van der Waals surface area contributed by atoms with E-state index in [9.17, 15) is 18.0 Å². The van der Waals surface area contributed by atoms with Crippen LogP contribution in [0, 0.1) is 0 Å². The van der Waals surface area contributed by atoms with Gasteiger partial charge in [-0.3, -0.25) is 4.79 Å². The van der Waals surface area contributed by atoms with Crippen molar-refractivity contribution in [1.82, 2.24) is 4.72 Å². The topological polar surface area (TPSA) is 102 Å². The number of anilines is 1. The number of sulfonamides is 1. The molecule has 0 fully saturated rings. The Kier molecular flexibility index (Phi) is 7.71. The lowest BCUT2D eigenvalue weighted by Gasteiger charge is -2.33. The van der Waals surface area contributed by atoms with Crippen molar-refractivity contribution in [3.8, 4) is 5.75 Å². The van der Waals surface area contributed by atoms with Crippen molar-refractivity contribution in [2.75, 3.05) is 18.6 Å². The van der Waals surface area contributed by atoms with Gasteiger partial charge >= 0.3 is 5.97 Å². The van der Waals surface area contributed by atoms with Crippen molar-refractivity contribution < 1.29 is 27.5 Å². The third-order valence-electron chi connectivity index (χ3n) is 6.03. The van der Waals surface area contributed by atoms with Gasteiger partial charge in [-0.15, -0.1) is 0 Å². The SMILES string of the molecule is COC(=O)[C@@H]1CN(C(=O)CCc2ccc(S(=O)(=O)N[C@H](C)c3ccccc3)cc2)c2ccccc2O1. The number of hydrogen-bond donors (Lipinski definition) is 1. The summed E-state index contributed by atoms with van der Waals surface area (Å²) in [5.41, 5.74) is 2.29. The zero-order valence-corrected chi connectivity index (χ0v) is 20.9. The molecule has 188 valence electrons. The van der Waals surface area contributed by atoms with E-state index in [0.29, 0.717) is 17.9 Å². The van der Waals surface area contributed by atoms with Crippen LogP contribution in [0.3, 0.4) is 0 Å². The molecule has 3 aromatic rings. The molecule has 1 amide bonds. The van der Waals surface area contributed by atoms with Crippen LogP contribution in [0.4, 0.5) is 5.69 Å². The number of ether oxygens (including phenoxy) is 2. The van der Waals surface area contributed by atoms with Crippen LogP contribution in [0.1, 0.15) is 30.5 Å². The predicted octanol–water partition coefficient (Wildman–Crippen LogP) is 3.63. The molecular formula is C27H28N2O6S. The highest BCUT2D eigenvalue weighted by atomic mass is 32.2. The largest absolute Gasteiger partial charge is 0.475 e. The number of carbonyl (C=O) groups excluding carboxylic acids is 2. The first-order chi connectivity index (χ1) is 17.3. The number of para-hydroxylation sites is 2. The highest BCUT2D eigenvalue weighted by Crippen LogP contribution is 2.34. The van der Waals surface area contributed by atoms with Crippen LogP contribution < -0.4 is 14.4 Å². The summed E-state index contributed by atoms with van der Waals surface area (Å²) in [6.45, 7) is 1.85.